The number of hydrogen-bond donors (Lipinski definition) is 3. The number of carbonyl (C=O) groups is 2. The van der Waals surface area contributed by atoms with E-state index in [2.05, 4.69) is 10.6 Å². The van der Waals surface area contributed by atoms with Gasteiger partial charge in [0.25, 0.3) is 5.91 Å². The number of carbonyl (C=O) groups excluding carboxylic acids is 1. The third-order valence-corrected chi connectivity index (χ3v) is 1.90. The van der Waals surface area contributed by atoms with Crippen molar-refractivity contribution in [1.82, 2.24) is 10.6 Å². The first-order valence-corrected chi connectivity index (χ1v) is 4.96. The van der Waals surface area contributed by atoms with Crippen LogP contribution in [0.2, 0.25) is 0 Å². The van der Waals surface area contributed by atoms with E-state index >= 15 is 0 Å². The molecular formula is C11H14N2O3. The van der Waals surface area contributed by atoms with Gasteiger partial charge in [-0.05, 0) is 12.1 Å². The van der Waals surface area contributed by atoms with Gasteiger partial charge in [-0.15, -0.1) is 0 Å². The van der Waals surface area contributed by atoms with Crippen LogP contribution in [0.1, 0.15) is 10.4 Å². The summed E-state index contributed by atoms with van der Waals surface area (Å²) in [5.41, 5.74) is 0.598. The van der Waals surface area contributed by atoms with Gasteiger partial charge < -0.3 is 15.7 Å². The molecule has 5 heteroatoms. The fraction of sp³-hybridized carbons (Fsp3) is 0.273. The highest BCUT2D eigenvalue weighted by molar-refractivity contribution is 5.94. The SMILES string of the molecule is O=C(O)CNCCNC(=O)c1ccccc1. The molecule has 0 heterocycles. The Hall–Kier alpha value is -1.88. The normalized spacial score (nSPS) is 9.75. The standard InChI is InChI=1S/C11H14N2O3/c14-10(15)8-12-6-7-13-11(16)9-4-2-1-3-5-9/h1-5,12H,6-8H2,(H,13,16)(H,14,15). The Balaban J connectivity index is 2.19. The lowest BCUT2D eigenvalue weighted by Gasteiger charge is -2.05. The summed E-state index contributed by atoms with van der Waals surface area (Å²) >= 11 is 0. The quantitative estimate of drug-likeness (QED) is 0.596. The number of nitrogens with one attached hydrogen (secondary N) is 2. The van der Waals surface area contributed by atoms with E-state index in [9.17, 15) is 9.59 Å². The number of amides is 1. The maximum atomic E-state index is 11.5. The van der Waals surface area contributed by atoms with Gasteiger partial charge in [-0.1, -0.05) is 18.2 Å². The molecule has 16 heavy (non-hydrogen) atoms. The van der Waals surface area contributed by atoms with Gasteiger partial charge in [-0.3, -0.25) is 9.59 Å². The molecule has 0 radical (unpaired) electrons. The molecule has 0 aliphatic carbocycles. The Morgan fingerprint density at radius 2 is 1.81 bits per heavy atom. The molecular weight excluding hydrogens is 208 g/mol. The number of hydrogen-bond acceptors (Lipinski definition) is 3. The molecule has 0 bridgehead atoms. The van der Waals surface area contributed by atoms with Crippen LogP contribution >= 0.6 is 0 Å². The van der Waals surface area contributed by atoms with E-state index in [4.69, 9.17) is 5.11 Å². The van der Waals surface area contributed by atoms with Crippen LogP contribution in [0.15, 0.2) is 30.3 Å². The summed E-state index contributed by atoms with van der Waals surface area (Å²) in [6.45, 7) is 0.743. The fourth-order valence-corrected chi connectivity index (χ4v) is 1.15. The Morgan fingerprint density at radius 3 is 2.44 bits per heavy atom. The van der Waals surface area contributed by atoms with Crippen LogP contribution in [0.3, 0.4) is 0 Å². The Kier molecular flexibility index (Phi) is 5.01. The van der Waals surface area contributed by atoms with Gasteiger partial charge in [0.15, 0.2) is 0 Å². The van der Waals surface area contributed by atoms with E-state index in [1.54, 1.807) is 24.3 Å². The van der Waals surface area contributed by atoms with E-state index in [-0.39, 0.29) is 12.5 Å². The van der Waals surface area contributed by atoms with Crippen molar-refractivity contribution >= 4 is 11.9 Å². The first-order chi connectivity index (χ1) is 7.70. The van der Waals surface area contributed by atoms with Crippen molar-refractivity contribution < 1.29 is 14.7 Å². The molecule has 0 aromatic heterocycles. The van der Waals surface area contributed by atoms with Crippen LogP contribution in [0.25, 0.3) is 0 Å². The first-order valence-electron chi connectivity index (χ1n) is 4.96. The number of benzene rings is 1. The monoisotopic (exact) mass is 222 g/mol. The molecule has 0 fully saturated rings. The highest BCUT2D eigenvalue weighted by Crippen LogP contribution is 1.96. The average Bonchev–Trinajstić information content (AvgIpc) is 2.29. The van der Waals surface area contributed by atoms with Gasteiger partial charge in [0, 0.05) is 18.7 Å². The van der Waals surface area contributed by atoms with E-state index < -0.39 is 5.97 Å². The van der Waals surface area contributed by atoms with Crippen LogP contribution < -0.4 is 10.6 Å². The van der Waals surface area contributed by atoms with Crippen LogP contribution in [-0.2, 0) is 4.79 Å². The molecule has 5 nitrogen and oxygen atoms in total. The molecule has 1 aromatic carbocycles. The van der Waals surface area contributed by atoms with Gasteiger partial charge in [0.2, 0.25) is 0 Å². The number of rotatable bonds is 6. The minimum Gasteiger partial charge on any atom is -0.480 e. The van der Waals surface area contributed by atoms with Crippen molar-refractivity contribution in [1.29, 1.82) is 0 Å². The minimum absolute atomic E-state index is 0.0960. The second-order valence-electron chi connectivity index (χ2n) is 3.19. The third-order valence-electron chi connectivity index (χ3n) is 1.90. The molecule has 1 amide bonds. The molecule has 3 N–H and O–H groups in total. The third kappa shape index (κ3) is 4.56. The summed E-state index contributed by atoms with van der Waals surface area (Å²) in [4.78, 5) is 21.7. The van der Waals surface area contributed by atoms with Gasteiger partial charge in [-0.25, -0.2) is 0 Å². The molecule has 1 rings (SSSR count). The fourth-order valence-electron chi connectivity index (χ4n) is 1.15. The summed E-state index contributed by atoms with van der Waals surface area (Å²) in [6.07, 6.45) is 0. The molecule has 0 atom stereocenters. The number of aliphatic carboxylic acids is 1. The van der Waals surface area contributed by atoms with Crippen molar-refractivity contribution in [2.24, 2.45) is 0 Å². The average molecular weight is 222 g/mol. The Morgan fingerprint density at radius 1 is 1.12 bits per heavy atom. The summed E-state index contributed by atoms with van der Waals surface area (Å²) in [6, 6.07) is 8.86. The molecule has 0 saturated carbocycles. The molecule has 0 unspecified atom stereocenters. The van der Waals surface area contributed by atoms with Crippen molar-refractivity contribution in [3.8, 4) is 0 Å². The molecule has 0 aliphatic rings. The smallest absolute Gasteiger partial charge is 0.317 e. The maximum Gasteiger partial charge on any atom is 0.317 e. The van der Waals surface area contributed by atoms with Gasteiger partial charge in [0.05, 0.1) is 6.54 Å². The van der Waals surface area contributed by atoms with Crippen LogP contribution in [0.5, 0.6) is 0 Å². The highest BCUT2D eigenvalue weighted by atomic mass is 16.4. The predicted molar refractivity (Wildman–Crippen MR) is 59.3 cm³/mol. The van der Waals surface area contributed by atoms with Gasteiger partial charge in [0.1, 0.15) is 0 Å². The van der Waals surface area contributed by atoms with Crippen LogP contribution in [0, 0.1) is 0 Å². The largest absolute Gasteiger partial charge is 0.480 e. The van der Waals surface area contributed by atoms with E-state index in [1.807, 2.05) is 6.07 Å². The second kappa shape index (κ2) is 6.58. The lowest BCUT2D eigenvalue weighted by molar-refractivity contribution is -0.135. The van der Waals surface area contributed by atoms with Gasteiger partial charge in [-0.2, -0.15) is 0 Å². The lowest BCUT2D eigenvalue weighted by atomic mass is 10.2. The lowest BCUT2D eigenvalue weighted by Crippen LogP contribution is -2.33. The molecule has 0 saturated heterocycles. The number of carboxylic acid groups (broad SMARTS) is 1. The van der Waals surface area contributed by atoms with Gasteiger partial charge >= 0.3 is 5.97 Å². The van der Waals surface area contributed by atoms with Crippen molar-refractivity contribution in [2.45, 2.75) is 0 Å². The highest BCUT2D eigenvalue weighted by Gasteiger charge is 2.02. The molecule has 86 valence electrons. The van der Waals surface area contributed by atoms with Crippen molar-refractivity contribution in [3.05, 3.63) is 35.9 Å². The predicted octanol–water partition coefficient (Wildman–Crippen LogP) is 0.0906. The summed E-state index contributed by atoms with van der Waals surface area (Å²) in [5.74, 6) is -1.06. The summed E-state index contributed by atoms with van der Waals surface area (Å²) < 4.78 is 0. The summed E-state index contributed by atoms with van der Waals surface area (Å²) in [7, 11) is 0. The maximum absolute atomic E-state index is 11.5. The topological polar surface area (TPSA) is 78.4 Å². The molecule has 1 aromatic rings. The Bertz CT molecular complexity index is 352. The van der Waals surface area contributed by atoms with E-state index in [0.717, 1.165) is 0 Å². The van der Waals surface area contributed by atoms with Crippen molar-refractivity contribution in [3.63, 3.8) is 0 Å². The zero-order valence-corrected chi connectivity index (χ0v) is 8.77. The van der Waals surface area contributed by atoms with E-state index in [0.29, 0.717) is 18.7 Å². The second-order valence-corrected chi connectivity index (χ2v) is 3.19. The van der Waals surface area contributed by atoms with E-state index in [1.165, 1.54) is 0 Å². The summed E-state index contributed by atoms with van der Waals surface area (Å²) in [5, 5.41) is 13.7. The van der Waals surface area contributed by atoms with Crippen LogP contribution in [0.4, 0.5) is 0 Å². The zero-order valence-electron chi connectivity index (χ0n) is 8.77. The molecule has 0 aliphatic heterocycles. The molecule has 0 spiro atoms. The first kappa shape index (κ1) is 12.2. The minimum atomic E-state index is -0.908. The van der Waals surface area contributed by atoms with Crippen molar-refractivity contribution in [2.75, 3.05) is 19.6 Å². The van der Waals surface area contributed by atoms with Crippen LogP contribution in [-0.4, -0.2) is 36.6 Å². The zero-order chi connectivity index (χ0) is 11.8. The Labute approximate surface area is 93.5 Å². The number of carboxylic acids is 1.